The minimum Gasteiger partial charge on any atom is -0.497 e. The van der Waals surface area contributed by atoms with Crippen LogP contribution >= 0.6 is 23.1 Å². The highest BCUT2D eigenvalue weighted by Gasteiger charge is 2.28. The summed E-state index contributed by atoms with van der Waals surface area (Å²) in [5, 5.41) is 3.27. The quantitative estimate of drug-likeness (QED) is 0.565. The molecule has 0 saturated carbocycles. The highest BCUT2D eigenvalue weighted by atomic mass is 32.2. The molecule has 0 radical (unpaired) electrons. The van der Waals surface area contributed by atoms with Gasteiger partial charge < -0.3 is 14.8 Å². The van der Waals surface area contributed by atoms with E-state index in [4.69, 9.17) is 9.47 Å². The molecule has 0 saturated heterocycles. The maximum Gasteiger partial charge on any atom is 0.341 e. The Balaban J connectivity index is 1.74. The Hall–Kier alpha value is -1.99. The molecule has 1 amide bonds. The number of benzene rings is 1. The number of nitrogens with one attached hydrogen (secondary N) is 1. The number of carbonyl (C=O) groups is 2. The number of hydrogen-bond acceptors (Lipinski definition) is 6. The first-order chi connectivity index (χ1) is 13.0. The van der Waals surface area contributed by atoms with Gasteiger partial charge in [0.2, 0.25) is 5.91 Å². The smallest absolute Gasteiger partial charge is 0.341 e. The second-order valence-corrected chi connectivity index (χ2v) is 8.85. The monoisotopic (exact) mass is 405 g/mol. The third kappa shape index (κ3) is 4.47. The fraction of sp³-hybridized carbons (Fsp3) is 0.400. The SMILES string of the molecule is COC(=O)c1c(NC(=O)[C@H](C)Sc2ccc(OC)cc2)sc2c1CCCC2. The summed E-state index contributed by atoms with van der Waals surface area (Å²) < 4.78 is 10.1. The molecule has 144 valence electrons. The third-order valence-corrected chi connectivity index (χ3v) is 6.86. The zero-order valence-electron chi connectivity index (χ0n) is 15.7. The average Bonchev–Trinajstić information content (AvgIpc) is 3.05. The van der Waals surface area contributed by atoms with Crippen molar-refractivity contribution in [3.63, 3.8) is 0 Å². The molecule has 2 aromatic rings. The van der Waals surface area contributed by atoms with Gasteiger partial charge in [-0.05, 0) is 62.4 Å². The van der Waals surface area contributed by atoms with Gasteiger partial charge in [-0.1, -0.05) is 0 Å². The van der Waals surface area contributed by atoms with Gasteiger partial charge in [0.15, 0.2) is 0 Å². The van der Waals surface area contributed by atoms with Crippen LogP contribution in [0.2, 0.25) is 0 Å². The molecule has 0 unspecified atom stereocenters. The van der Waals surface area contributed by atoms with Gasteiger partial charge in [-0.15, -0.1) is 23.1 Å². The molecular formula is C20H23NO4S2. The van der Waals surface area contributed by atoms with Gasteiger partial charge in [0, 0.05) is 9.77 Å². The summed E-state index contributed by atoms with van der Waals surface area (Å²) in [6.07, 6.45) is 3.99. The standard InChI is InChI=1S/C20H23NO4S2/c1-12(26-14-10-8-13(24-2)9-11-14)18(22)21-19-17(20(23)25-3)15-6-4-5-7-16(15)27-19/h8-12H,4-7H2,1-3H3,(H,21,22)/t12-/m0/s1. The van der Waals surface area contributed by atoms with E-state index in [1.54, 1.807) is 7.11 Å². The van der Waals surface area contributed by atoms with Crippen LogP contribution in [0.15, 0.2) is 29.2 Å². The molecule has 0 aliphatic heterocycles. The number of ether oxygens (including phenoxy) is 2. The fourth-order valence-corrected chi connectivity index (χ4v) is 5.25. The highest BCUT2D eigenvalue weighted by molar-refractivity contribution is 8.00. The molecule has 0 fully saturated rings. The Labute approximate surface area is 167 Å². The van der Waals surface area contributed by atoms with Crippen molar-refractivity contribution < 1.29 is 19.1 Å². The molecule has 0 spiro atoms. The number of carbonyl (C=O) groups excluding carboxylic acids is 2. The second kappa shape index (κ2) is 8.80. The van der Waals surface area contributed by atoms with Crippen LogP contribution in [-0.2, 0) is 22.4 Å². The second-order valence-electron chi connectivity index (χ2n) is 6.33. The molecule has 1 atom stereocenters. The van der Waals surface area contributed by atoms with E-state index in [0.717, 1.165) is 41.9 Å². The molecule has 27 heavy (non-hydrogen) atoms. The van der Waals surface area contributed by atoms with Crippen LogP contribution in [0.5, 0.6) is 5.75 Å². The maximum absolute atomic E-state index is 12.7. The van der Waals surface area contributed by atoms with Gasteiger partial charge in [-0.3, -0.25) is 4.79 Å². The number of anilines is 1. The Morgan fingerprint density at radius 2 is 1.85 bits per heavy atom. The lowest BCUT2D eigenvalue weighted by Crippen LogP contribution is -2.23. The number of esters is 1. The molecule has 1 aromatic heterocycles. The minimum atomic E-state index is -0.375. The molecule has 1 N–H and O–H groups in total. The molecule has 3 rings (SSSR count). The lowest BCUT2D eigenvalue weighted by molar-refractivity contribution is -0.115. The van der Waals surface area contributed by atoms with Crippen LogP contribution in [0.1, 0.15) is 40.6 Å². The molecular weight excluding hydrogens is 382 g/mol. The van der Waals surface area contributed by atoms with Gasteiger partial charge in [0.05, 0.1) is 25.0 Å². The van der Waals surface area contributed by atoms with E-state index in [2.05, 4.69) is 5.32 Å². The van der Waals surface area contributed by atoms with Crippen molar-refractivity contribution in [1.29, 1.82) is 0 Å². The number of thiophene rings is 1. The van der Waals surface area contributed by atoms with E-state index in [0.29, 0.717) is 10.6 Å². The summed E-state index contributed by atoms with van der Waals surface area (Å²) in [5.74, 6) is 0.281. The van der Waals surface area contributed by atoms with E-state index in [9.17, 15) is 9.59 Å². The third-order valence-electron chi connectivity index (χ3n) is 4.54. The van der Waals surface area contributed by atoms with Gasteiger partial charge >= 0.3 is 5.97 Å². The van der Waals surface area contributed by atoms with E-state index in [-0.39, 0.29) is 17.1 Å². The number of thioether (sulfide) groups is 1. The van der Waals surface area contributed by atoms with Crippen LogP contribution in [0.4, 0.5) is 5.00 Å². The number of aryl methyl sites for hydroxylation is 1. The van der Waals surface area contributed by atoms with Crippen molar-refractivity contribution >= 4 is 40.0 Å². The van der Waals surface area contributed by atoms with Crippen molar-refractivity contribution in [3.05, 3.63) is 40.3 Å². The molecule has 0 bridgehead atoms. The van der Waals surface area contributed by atoms with Crippen molar-refractivity contribution in [3.8, 4) is 5.75 Å². The van der Waals surface area contributed by atoms with E-state index in [1.165, 1.54) is 35.1 Å². The summed E-state index contributed by atoms with van der Waals surface area (Å²) >= 11 is 2.97. The molecule has 1 aliphatic carbocycles. The lowest BCUT2D eigenvalue weighted by atomic mass is 9.95. The summed E-state index contributed by atoms with van der Waals surface area (Å²) in [6.45, 7) is 1.86. The largest absolute Gasteiger partial charge is 0.497 e. The molecule has 1 heterocycles. The van der Waals surface area contributed by atoms with E-state index in [1.807, 2.05) is 31.2 Å². The fourth-order valence-electron chi connectivity index (χ4n) is 3.10. The van der Waals surface area contributed by atoms with Crippen molar-refractivity contribution in [1.82, 2.24) is 0 Å². The first kappa shape index (κ1) is 19.8. The van der Waals surface area contributed by atoms with Gasteiger partial charge in [-0.2, -0.15) is 0 Å². The Morgan fingerprint density at radius 3 is 2.52 bits per heavy atom. The zero-order valence-corrected chi connectivity index (χ0v) is 17.3. The van der Waals surface area contributed by atoms with Crippen LogP contribution in [0.3, 0.4) is 0 Å². The van der Waals surface area contributed by atoms with Gasteiger partial charge in [0.25, 0.3) is 0 Å². The Bertz CT molecular complexity index is 829. The number of hydrogen-bond donors (Lipinski definition) is 1. The van der Waals surface area contributed by atoms with E-state index >= 15 is 0 Å². The molecule has 1 aliphatic rings. The zero-order chi connectivity index (χ0) is 19.4. The summed E-state index contributed by atoms with van der Waals surface area (Å²) in [7, 11) is 3.00. The topological polar surface area (TPSA) is 64.6 Å². The first-order valence-corrected chi connectivity index (χ1v) is 10.6. The van der Waals surface area contributed by atoms with Crippen LogP contribution in [0, 0.1) is 0 Å². The normalized spacial score (nSPS) is 14.2. The predicted molar refractivity (Wildman–Crippen MR) is 109 cm³/mol. The van der Waals surface area contributed by atoms with Crippen LogP contribution in [0.25, 0.3) is 0 Å². The maximum atomic E-state index is 12.7. The van der Waals surface area contributed by atoms with Crippen LogP contribution in [-0.4, -0.2) is 31.3 Å². The molecule has 5 nitrogen and oxygen atoms in total. The van der Waals surface area contributed by atoms with Gasteiger partial charge in [0.1, 0.15) is 10.8 Å². The predicted octanol–water partition coefficient (Wildman–Crippen LogP) is 4.54. The van der Waals surface area contributed by atoms with Crippen molar-refractivity contribution in [2.45, 2.75) is 42.8 Å². The summed E-state index contributed by atoms with van der Waals surface area (Å²) in [6, 6.07) is 7.60. The van der Waals surface area contributed by atoms with Crippen LogP contribution < -0.4 is 10.1 Å². The van der Waals surface area contributed by atoms with Gasteiger partial charge in [-0.25, -0.2) is 4.79 Å². The number of fused-ring (bicyclic) bond motifs is 1. The van der Waals surface area contributed by atoms with Crippen molar-refractivity contribution in [2.75, 3.05) is 19.5 Å². The minimum absolute atomic E-state index is 0.125. The molecule has 1 aromatic carbocycles. The van der Waals surface area contributed by atoms with Crippen molar-refractivity contribution in [2.24, 2.45) is 0 Å². The highest BCUT2D eigenvalue weighted by Crippen LogP contribution is 2.39. The number of amides is 1. The Kier molecular flexibility index (Phi) is 6.44. The molecule has 7 heteroatoms. The average molecular weight is 406 g/mol. The number of methoxy groups -OCH3 is 2. The summed E-state index contributed by atoms with van der Waals surface area (Å²) in [4.78, 5) is 27.2. The summed E-state index contributed by atoms with van der Waals surface area (Å²) in [5.41, 5.74) is 1.58. The Morgan fingerprint density at radius 1 is 1.15 bits per heavy atom. The van der Waals surface area contributed by atoms with E-state index < -0.39 is 0 Å². The lowest BCUT2D eigenvalue weighted by Gasteiger charge is -2.13. The number of rotatable bonds is 6. The first-order valence-electron chi connectivity index (χ1n) is 8.88.